The molecule has 0 unspecified atom stereocenters. The molecular weight excluding hydrogens is 363 g/mol. The maximum absolute atomic E-state index is 9.31. The van der Waals surface area contributed by atoms with Crippen molar-refractivity contribution < 1.29 is 3.56 Å². The third-order valence-electron chi connectivity index (χ3n) is 0. The minimum atomic E-state index is 0. The molecule has 0 spiro atoms. The Bertz CT molecular complexity index is 8.00. The molecule has 0 radical (unpaired) electrons. The van der Waals surface area contributed by atoms with Crippen LogP contribution in [0.15, 0.2) is 0 Å². The third kappa shape index (κ3) is 8.83. The Morgan fingerprint density at radius 1 is 1.25 bits per heavy atom. The molecule has 0 fully saturated rings. The second kappa shape index (κ2) is 17.2. The SMILES string of the molecule is FBr.I.[BaH2]. The van der Waals surface area contributed by atoms with E-state index in [1.54, 1.807) is 0 Å². The van der Waals surface area contributed by atoms with Crippen LogP contribution in [-0.4, -0.2) is 48.9 Å². The predicted molar refractivity (Wildman–Crippen MR) is 34.0 cm³/mol. The van der Waals surface area contributed by atoms with Crippen LogP contribution >= 0.6 is 40.4 Å². The van der Waals surface area contributed by atoms with Gasteiger partial charge in [0, 0.05) is 0 Å². The number of rotatable bonds is 0. The first-order valence-electron chi connectivity index (χ1n) is 0.143. The molecular formula is H3BaBrFI. The Kier molecular flexibility index (Phi) is 68.5. The molecule has 0 rings (SSSR count). The summed E-state index contributed by atoms with van der Waals surface area (Å²) in [5.41, 5.74) is 0. The molecule has 0 aromatic heterocycles. The molecule has 0 nitrogen and oxygen atoms in total. The van der Waals surface area contributed by atoms with Crippen molar-refractivity contribution in [2.24, 2.45) is 0 Å². The van der Waals surface area contributed by atoms with Gasteiger partial charge in [-0.1, -0.05) is 0 Å². The molecule has 0 amide bonds. The summed E-state index contributed by atoms with van der Waals surface area (Å²) >= 11 is 1.44. The van der Waals surface area contributed by atoms with Crippen molar-refractivity contribution in [2.75, 3.05) is 0 Å². The molecule has 0 bridgehead atoms. The van der Waals surface area contributed by atoms with Crippen LogP contribution in [0.3, 0.4) is 0 Å². The van der Waals surface area contributed by atoms with Gasteiger partial charge in [-0.25, -0.2) is 0 Å². The van der Waals surface area contributed by atoms with E-state index in [1.165, 1.54) is 16.4 Å². The zero-order valence-corrected chi connectivity index (χ0v) is 5.08. The van der Waals surface area contributed by atoms with Gasteiger partial charge in [-0.2, -0.15) is 3.56 Å². The average molecular weight is 366 g/mol. The molecule has 0 saturated heterocycles. The molecule has 0 aromatic rings. The van der Waals surface area contributed by atoms with Crippen molar-refractivity contribution in [1.82, 2.24) is 0 Å². The second-order valence-electron chi connectivity index (χ2n) is 0. The van der Waals surface area contributed by atoms with Crippen LogP contribution in [0.5, 0.6) is 0 Å². The van der Waals surface area contributed by atoms with Crippen LogP contribution in [-0.2, 0) is 0 Å². The first-order chi connectivity index (χ1) is 1.00. The summed E-state index contributed by atoms with van der Waals surface area (Å²) in [5, 5.41) is 0. The van der Waals surface area contributed by atoms with E-state index in [4.69, 9.17) is 0 Å². The summed E-state index contributed by atoms with van der Waals surface area (Å²) in [6.45, 7) is 0. The van der Waals surface area contributed by atoms with Gasteiger partial charge in [-0.3, -0.25) is 0 Å². The number of hydrogen-bond donors (Lipinski definition) is 0. The quantitative estimate of drug-likeness (QED) is 0.443. The number of halogens is 3. The van der Waals surface area contributed by atoms with Crippen LogP contribution in [0.4, 0.5) is 3.56 Å². The van der Waals surface area contributed by atoms with Crippen molar-refractivity contribution >= 4 is 89.2 Å². The zero-order valence-electron chi connectivity index (χ0n) is 1.16. The molecule has 0 atom stereocenters. The van der Waals surface area contributed by atoms with E-state index < -0.39 is 0 Å². The van der Waals surface area contributed by atoms with Gasteiger partial charge in [0.25, 0.3) is 0 Å². The van der Waals surface area contributed by atoms with E-state index in [9.17, 15) is 3.56 Å². The van der Waals surface area contributed by atoms with E-state index in [0.29, 0.717) is 0 Å². The van der Waals surface area contributed by atoms with Gasteiger partial charge in [0.15, 0.2) is 16.4 Å². The molecule has 0 aliphatic heterocycles. The van der Waals surface area contributed by atoms with Crippen LogP contribution in [0, 0.1) is 0 Å². The Balaban J connectivity index is -0.00000000500. The normalized spacial score (nSPS) is 1.50. The molecule has 0 aliphatic carbocycles. The summed E-state index contributed by atoms with van der Waals surface area (Å²) in [6.07, 6.45) is 0. The van der Waals surface area contributed by atoms with Crippen molar-refractivity contribution in [2.45, 2.75) is 0 Å². The Hall–Kier alpha value is 2.71. The molecule has 0 N–H and O–H groups in total. The average Bonchev–Trinajstić information content (AvgIpc) is 1.00. The van der Waals surface area contributed by atoms with E-state index in [2.05, 4.69) is 0 Å². The summed E-state index contributed by atoms with van der Waals surface area (Å²) in [7, 11) is 0. The fourth-order valence-electron chi connectivity index (χ4n) is 0. The number of hydrogen-bond acceptors (Lipinski definition) is 0. The zero-order chi connectivity index (χ0) is 2.00. The van der Waals surface area contributed by atoms with Crippen LogP contribution < -0.4 is 0 Å². The molecule has 0 heterocycles. The fourth-order valence-corrected chi connectivity index (χ4v) is 0. The van der Waals surface area contributed by atoms with Crippen LogP contribution in [0.1, 0.15) is 0 Å². The van der Waals surface area contributed by atoms with Gasteiger partial charge in [0.05, 0.1) is 0 Å². The molecule has 0 saturated carbocycles. The Morgan fingerprint density at radius 3 is 1.25 bits per heavy atom. The van der Waals surface area contributed by atoms with Gasteiger partial charge >= 0.3 is 48.9 Å². The van der Waals surface area contributed by atoms with Crippen LogP contribution in [0.25, 0.3) is 0 Å². The summed E-state index contributed by atoms with van der Waals surface area (Å²) in [4.78, 5) is 0. The molecule has 26 valence electrons. The van der Waals surface area contributed by atoms with Crippen molar-refractivity contribution in [3.05, 3.63) is 0 Å². The second-order valence-corrected chi connectivity index (χ2v) is 0. The van der Waals surface area contributed by atoms with Gasteiger partial charge in [0.2, 0.25) is 0 Å². The van der Waals surface area contributed by atoms with Crippen molar-refractivity contribution in [1.29, 1.82) is 0 Å². The molecule has 4 heteroatoms. The minimum absolute atomic E-state index is 0. The van der Waals surface area contributed by atoms with E-state index >= 15 is 0 Å². The van der Waals surface area contributed by atoms with Crippen molar-refractivity contribution in [3.8, 4) is 0 Å². The predicted octanol–water partition coefficient (Wildman–Crippen LogP) is 0.968. The van der Waals surface area contributed by atoms with Crippen LogP contribution in [0.2, 0.25) is 0 Å². The van der Waals surface area contributed by atoms with E-state index in [0.717, 1.165) is 0 Å². The molecule has 0 aliphatic rings. The van der Waals surface area contributed by atoms with Gasteiger partial charge in [0.1, 0.15) is 0 Å². The molecule has 4 heavy (non-hydrogen) atoms. The standard InChI is InChI=1S/Ba.BrF.HI.2H/c;1-2;;;/h;;1H;;. The maximum atomic E-state index is 9.31. The third-order valence-corrected chi connectivity index (χ3v) is 0. The Labute approximate surface area is 90.6 Å². The topological polar surface area (TPSA) is 0 Å². The monoisotopic (exact) mass is 366 g/mol. The fraction of sp³-hybridized carbons (Fsp3) is 0. The summed E-state index contributed by atoms with van der Waals surface area (Å²) in [6, 6.07) is 0. The summed E-state index contributed by atoms with van der Waals surface area (Å²) in [5.74, 6) is 0. The van der Waals surface area contributed by atoms with E-state index in [1.807, 2.05) is 0 Å². The first kappa shape index (κ1) is 15.9. The van der Waals surface area contributed by atoms with Crippen molar-refractivity contribution in [3.63, 3.8) is 0 Å². The first-order valence-corrected chi connectivity index (χ1v) is 0.742. The summed E-state index contributed by atoms with van der Waals surface area (Å²) < 4.78 is 9.31. The molecule has 0 aromatic carbocycles. The Morgan fingerprint density at radius 2 is 1.25 bits per heavy atom. The van der Waals surface area contributed by atoms with E-state index in [-0.39, 0.29) is 72.9 Å². The van der Waals surface area contributed by atoms with Gasteiger partial charge < -0.3 is 0 Å². The van der Waals surface area contributed by atoms with Gasteiger partial charge in [-0.15, -0.1) is 24.0 Å². The van der Waals surface area contributed by atoms with Gasteiger partial charge in [-0.05, 0) is 0 Å².